The van der Waals surface area contributed by atoms with Gasteiger partial charge in [-0.25, -0.2) is 4.98 Å². The third kappa shape index (κ3) is 6.01. The maximum Gasteiger partial charge on any atom is 0.252 e. The van der Waals surface area contributed by atoms with E-state index in [0.29, 0.717) is 23.6 Å². The molecule has 0 atom stereocenters. The minimum Gasteiger partial charge on any atom is -0.352 e. The summed E-state index contributed by atoms with van der Waals surface area (Å²) in [5, 5.41) is 4.59. The van der Waals surface area contributed by atoms with Crippen molar-refractivity contribution in [1.29, 1.82) is 0 Å². The van der Waals surface area contributed by atoms with Crippen LogP contribution in [0.2, 0.25) is 5.02 Å². The number of nitrogens with one attached hydrogen (secondary N) is 1. The summed E-state index contributed by atoms with van der Waals surface area (Å²) in [5.41, 5.74) is 5.64. The minimum absolute atomic E-state index is 0.108. The van der Waals surface area contributed by atoms with Crippen molar-refractivity contribution < 1.29 is 4.79 Å². The van der Waals surface area contributed by atoms with Crippen molar-refractivity contribution in [3.63, 3.8) is 0 Å². The van der Waals surface area contributed by atoms with E-state index >= 15 is 0 Å². The highest BCUT2D eigenvalue weighted by molar-refractivity contribution is 9.10. The van der Waals surface area contributed by atoms with Crippen molar-refractivity contribution in [2.45, 2.75) is 32.6 Å². The molecule has 4 rings (SSSR count). The molecule has 0 radical (unpaired) electrons. The molecule has 0 aliphatic carbocycles. The number of halogens is 2. The van der Waals surface area contributed by atoms with Gasteiger partial charge in [-0.1, -0.05) is 77.3 Å². The number of hydrogen-bond donors (Lipinski definition) is 1. The standard InChI is InChI=1S/C28H26BrClN2O/c1-2-3-5-19-8-10-21(11-9-19)27-18-25(24-17-22(29)12-13-26(24)32-27)28(33)31-15-14-20-6-4-7-23(30)16-20/h4,6-13,16-18H,2-3,5,14-15H2,1H3,(H,31,33). The smallest absolute Gasteiger partial charge is 0.252 e. The molecule has 1 heterocycles. The van der Waals surface area contributed by atoms with Crippen LogP contribution in [0, 0.1) is 0 Å². The summed E-state index contributed by atoms with van der Waals surface area (Å²) >= 11 is 9.60. The van der Waals surface area contributed by atoms with Crippen LogP contribution in [0.3, 0.4) is 0 Å². The summed E-state index contributed by atoms with van der Waals surface area (Å²) in [5.74, 6) is -0.108. The van der Waals surface area contributed by atoms with E-state index in [9.17, 15) is 4.79 Å². The van der Waals surface area contributed by atoms with Crippen molar-refractivity contribution in [1.82, 2.24) is 10.3 Å². The molecule has 5 heteroatoms. The first kappa shape index (κ1) is 23.5. The molecule has 4 aromatic rings. The van der Waals surface area contributed by atoms with E-state index in [4.69, 9.17) is 16.6 Å². The van der Waals surface area contributed by atoms with Gasteiger partial charge < -0.3 is 5.32 Å². The van der Waals surface area contributed by atoms with E-state index < -0.39 is 0 Å². The number of benzene rings is 3. The summed E-state index contributed by atoms with van der Waals surface area (Å²) < 4.78 is 0.915. The fourth-order valence-electron chi connectivity index (χ4n) is 3.86. The van der Waals surface area contributed by atoms with Crippen molar-refractivity contribution >= 4 is 44.3 Å². The first-order valence-corrected chi connectivity index (χ1v) is 12.4. The number of amides is 1. The van der Waals surface area contributed by atoms with Gasteiger partial charge >= 0.3 is 0 Å². The Hall–Kier alpha value is -2.69. The number of carbonyl (C=O) groups is 1. The van der Waals surface area contributed by atoms with Crippen LogP contribution in [-0.2, 0) is 12.8 Å². The maximum atomic E-state index is 13.2. The zero-order valence-corrected chi connectivity index (χ0v) is 20.9. The van der Waals surface area contributed by atoms with Gasteiger partial charge in [0.15, 0.2) is 0 Å². The van der Waals surface area contributed by atoms with Gasteiger partial charge in [-0.2, -0.15) is 0 Å². The largest absolute Gasteiger partial charge is 0.352 e. The van der Waals surface area contributed by atoms with E-state index in [2.05, 4.69) is 52.4 Å². The Morgan fingerprint density at radius 2 is 1.79 bits per heavy atom. The number of fused-ring (bicyclic) bond motifs is 1. The van der Waals surface area contributed by atoms with Crippen LogP contribution in [0.1, 0.15) is 41.3 Å². The number of pyridine rings is 1. The van der Waals surface area contributed by atoms with Gasteiger partial charge in [0.05, 0.1) is 16.8 Å². The highest BCUT2D eigenvalue weighted by atomic mass is 79.9. The van der Waals surface area contributed by atoms with Gasteiger partial charge in [0.2, 0.25) is 0 Å². The van der Waals surface area contributed by atoms with E-state index in [-0.39, 0.29) is 5.91 Å². The number of aryl methyl sites for hydroxylation is 1. The van der Waals surface area contributed by atoms with Gasteiger partial charge in [0.1, 0.15) is 0 Å². The zero-order chi connectivity index (χ0) is 23.2. The molecule has 1 aromatic heterocycles. The van der Waals surface area contributed by atoms with Crippen LogP contribution in [0.4, 0.5) is 0 Å². The van der Waals surface area contributed by atoms with Crippen molar-refractivity contribution in [3.8, 4) is 11.3 Å². The molecule has 0 fully saturated rings. The van der Waals surface area contributed by atoms with Gasteiger partial charge in [-0.15, -0.1) is 0 Å². The van der Waals surface area contributed by atoms with Crippen molar-refractivity contribution in [2.24, 2.45) is 0 Å². The molecule has 0 aliphatic rings. The number of nitrogens with zero attached hydrogens (tertiary/aromatic N) is 1. The highest BCUT2D eigenvalue weighted by Gasteiger charge is 2.14. The van der Waals surface area contributed by atoms with Crippen LogP contribution >= 0.6 is 27.5 Å². The van der Waals surface area contributed by atoms with Gasteiger partial charge in [-0.05, 0) is 66.8 Å². The number of hydrogen-bond acceptors (Lipinski definition) is 2. The first-order valence-electron chi connectivity index (χ1n) is 11.3. The molecule has 3 aromatic carbocycles. The fraction of sp³-hybridized carbons (Fsp3) is 0.214. The topological polar surface area (TPSA) is 42.0 Å². The van der Waals surface area contributed by atoms with Crippen molar-refractivity contribution in [3.05, 3.63) is 99.0 Å². The molecule has 0 saturated heterocycles. The van der Waals surface area contributed by atoms with Gasteiger partial charge in [0, 0.05) is 27.0 Å². The van der Waals surface area contributed by atoms with E-state index in [1.54, 1.807) is 0 Å². The van der Waals surface area contributed by atoms with Crippen LogP contribution in [-0.4, -0.2) is 17.4 Å². The van der Waals surface area contributed by atoms with Crippen LogP contribution in [0.15, 0.2) is 77.3 Å². The molecule has 1 amide bonds. The fourth-order valence-corrected chi connectivity index (χ4v) is 4.44. The van der Waals surface area contributed by atoms with Crippen LogP contribution in [0.5, 0.6) is 0 Å². The Balaban J connectivity index is 1.60. The summed E-state index contributed by atoms with van der Waals surface area (Å²) in [7, 11) is 0. The lowest BCUT2D eigenvalue weighted by atomic mass is 10.0. The van der Waals surface area contributed by atoms with E-state index in [1.807, 2.05) is 48.5 Å². The summed E-state index contributed by atoms with van der Waals surface area (Å²) in [6.07, 6.45) is 4.16. The Bertz CT molecular complexity index is 1270. The first-order chi connectivity index (χ1) is 16.0. The Morgan fingerprint density at radius 1 is 0.970 bits per heavy atom. The summed E-state index contributed by atoms with van der Waals surface area (Å²) in [4.78, 5) is 18.0. The number of unbranched alkanes of at least 4 members (excludes halogenated alkanes) is 1. The summed E-state index contributed by atoms with van der Waals surface area (Å²) in [6, 6.07) is 24.0. The van der Waals surface area contributed by atoms with Gasteiger partial charge in [-0.3, -0.25) is 4.79 Å². The molecule has 1 N–H and O–H groups in total. The normalized spacial score (nSPS) is 11.0. The molecule has 0 bridgehead atoms. The lowest BCUT2D eigenvalue weighted by molar-refractivity contribution is 0.0955. The van der Waals surface area contributed by atoms with E-state index in [1.165, 1.54) is 18.4 Å². The van der Waals surface area contributed by atoms with Gasteiger partial charge in [0.25, 0.3) is 5.91 Å². The molecule has 0 aliphatic heterocycles. The molecule has 168 valence electrons. The molecular formula is C28H26BrClN2O. The summed E-state index contributed by atoms with van der Waals surface area (Å²) in [6.45, 7) is 2.73. The number of carbonyl (C=O) groups excluding carboxylic acids is 1. The quantitative estimate of drug-likeness (QED) is 0.259. The molecular weight excluding hydrogens is 496 g/mol. The second kappa shape index (κ2) is 11.0. The van der Waals surface area contributed by atoms with Crippen LogP contribution in [0.25, 0.3) is 22.2 Å². The molecule has 33 heavy (non-hydrogen) atoms. The Labute approximate surface area is 208 Å². The average molecular weight is 522 g/mol. The lowest BCUT2D eigenvalue weighted by Gasteiger charge is -2.12. The second-order valence-corrected chi connectivity index (χ2v) is 9.50. The minimum atomic E-state index is -0.108. The zero-order valence-electron chi connectivity index (χ0n) is 18.6. The Kier molecular flexibility index (Phi) is 7.79. The lowest BCUT2D eigenvalue weighted by Crippen LogP contribution is -2.26. The molecule has 0 saturated carbocycles. The SMILES string of the molecule is CCCCc1ccc(-c2cc(C(=O)NCCc3cccc(Cl)c3)c3cc(Br)ccc3n2)cc1. The number of rotatable bonds is 8. The second-order valence-electron chi connectivity index (χ2n) is 8.15. The predicted octanol–water partition coefficient (Wildman–Crippen LogP) is 7.63. The third-order valence-corrected chi connectivity index (χ3v) is 6.40. The van der Waals surface area contributed by atoms with E-state index in [0.717, 1.165) is 38.6 Å². The van der Waals surface area contributed by atoms with Crippen LogP contribution < -0.4 is 5.32 Å². The Morgan fingerprint density at radius 3 is 2.55 bits per heavy atom. The average Bonchev–Trinajstić information content (AvgIpc) is 2.82. The predicted molar refractivity (Wildman–Crippen MR) is 141 cm³/mol. The monoisotopic (exact) mass is 520 g/mol. The van der Waals surface area contributed by atoms with Crippen molar-refractivity contribution in [2.75, 3.05) is 6.54 Å². The maximum absolute atomic E-state index is 13.2. The molecule has 0 spiro atoms. The molecule has 3 nitrogen and oxygen atoms in total. The third-order valence-electron chi connectivity index (χ3n) is 5.67. The number of aromatic nitrogens is 1. The highest BCUT2D eigenvalue weighted by Crippen LogP contribution is 2.28. The molecule has 0 unspecified atom stereocenters.